The van der Waals surface area contributed by atoms with Gasteiger partial charge in [-0.2, -0.15) is 0 Å². The number of hydrogen-bond acceptors (Lipinski definition) is 5. The van der Waals surface area contributed by atoms with Crippen LogP contribution in [0.4, 0.5) is 15.0 Å². The molecular formula is C16H23ClFN3O3. The van der Waals surface area contributed by atoms with E-state index in [-0.39, 0.29) is 23.5 Å². The van der Waals surface area contributed by atoms with Crippen molar-refractivity contribution in [1.82, 2.24) is 9.88 Å². The van der Waals surface area contributed by atoms with Gasteiger partial charge in [0.25, 0.3) is 0 Å². The standard InChI is InChI=1S/C16H23ClFN3O3/c1-16(2,3)24-15(23)20-5-6-21(12(10-20)4-7-22)14-13(18)8-11(17)9-19-14/h8-9,12,22H,4-7,10H2,1-3H3. The van der Waals surface area contributed by atoms with E-state index in [1.165, 1.54) is 12.3 Å². The van der Waals surface area contributed by atoms with Gasteiger partial charge in [0.15, 0.2) is 11.6 Å². The van der Waals surface area contributed by atoms with E-state index in [0.717, 1.165) is 0 Å². The van der Waals surface area contributed by atoms with E-state index < -0.39 is 17.5 Å². The fraction of sp³-hybridized carbons (Fsp3) is 0.625. The van der Waals surface area contributed by atoms with Gasteiger partial charge in [-0.1, -0.05) is 11.6 Å². The van der Waals surface area contributed by atoms with Crippen LogP contribution in [0.25, 0.3) is 0 Å². The van der Waals surface area contributed by atoms with Gasteiger partial charge in [0.2, 0.25) is 0 Å². The Hall–Kier alpha value is -1.60. The first-order valence-electron chi connectivity index (χ1n) is 7.87. The molecule has 0 bridgehead atoms. The lowest BCUT2D eigenvalue weighted by atomic mass is 10.1. The Morgan fingerprint density at radius 3 is 2.79 bits per heavy atom. The monoisotopic (exact) mass is 359 g/mol. The summed E-state index contributed by atoms with van der Waals surface area (Å²) in [6.07, 6.45) is 1.37. The van der Waals surface area contributed by atoms with Gasteiger partial charge in [-0.3, -0.25) is 0 Å². The summed E-state index contributed by atoms with van der Waals surface area (Å²) in [7, 11) is 0. The molecule has 1 N–H and O–H groups in total. The second kappa shape index (κ2) is 7.53. The summed E-state index contributed by atoms with van der Waals surface area (Å²) < 4.78 is 19.6. The molecule has 0 spiro atoms. The van der Waals surface area contributed by atoms with Gasteiger partial charge >= 0.3 is 6.09 Å². The molecule has 6 nitrogen and oxygen atoms in total. The number of amides is 1. The average Bonchev–Trinajstić information content (AvgIpc) is 2.46. The van der Waals surface area contributed by atoms with Gasteiger partial charge in [0.1, 0.15) is 5.60 Å². The molecule has 0 radical (unpaired) electrons. The van der Waals surface area contributed by atoms with Crippen LogP contribution in [-0.2, 0) is 4.74 Å². The quantitative estimate of drug-likeness (QED) is 0.898. The van der Waals surface area contributed by atoms with E-state index in [0.29, 0.717) is 26.1 Å². The van der Waals surface area contributed by atoms with Gasteiger partial charge in [-0.25, -0.2) is 14.2 Å². The van der Waals surface area contributed by atoms with E-state index >= 15 is 0 Å². The number of halogens is 2. The molecule has 1 fully saturated rings. The van der Waals surface area contributed by atoms with Gasteiger partial charge in [0, 0.05) is 32.4 Å². The highest BCUT2D eigenvalue weighted by molar-refractivity contribution is 6.30. The van der Waals surface area contributed by atoms with E-state index in [4.69, 9.17) is 16.3 Å². The van der Waals surface area contributed by atoms with E-state index in [2.05, 4.69) is 4.98 Å². The van der Waals surface area contributed by atoms with Crippen LogP contribution < -0.4 is 4.90 Å². The molecule has 1 unspecified atom stereocenters. The normalized spacial score (nSPS) is 18.7. The van der Waals surface area contributed by atoms with Crippen LogP contribution in [0.3, 0.4) is 0 Å². The predicted octanol–water partition coefficient (Wildman–Crippen LogP) is 2.68. The minimum Gasteiger partial charge on any atom is -0.444 e. The summed E-state index contributed by atoms with van der Waals surface area (Å²) in [5.41, 5.74) is -0.579. The van der Waals surface area contributed by atoms with Crippen molar-refractivity contribution in [2.45, 2.75) is 38.8 Å². The Morgan fingerprint density at radius 2 is 2.21 bits per heavy atom. The van der Waals surface area contributed by atoms with Crippen LogP contribution in [-0.4, -0.2) is 59.0 Å². The van der Waals surface area contributed by atoms with Crippen LogP contribution in [0, 0.1) is 5.82 Å². The first kappa shape index (κ1) is 18.7. The van der Waals surface area contributed by atoms with Crippen molar-refractivity contribution in [1.29, 1.82) is 0 Å². The maximum atomic E-state index is 14.2. The van der Waals surface area contributed by atoms with Crippen LogP contribution in [0.5, 0.6) is 0 Å². The number of piperazine rings is 1. The number of ether oxygens (including phenoxy) is 1. The van der Waals surface area contributed by atoms with Crippen molar-refractivity contribution in [2.24, 2.45) is 0 Å². The SMILES string of the molecule is CC(C)(C)OC(=O)N1CCN(c2ncc(Cl)cc2F)C(CCO)C1. The van der Waals surface area contributed by atoms with Crippen molar-refractivity contribution in [3.05, 3.63) is 23.1 Å². The van der Waals surface area contributed by atoms with Crippen molar-refractivity contribution < 1.29 is 19.0 Å². The highest BCUT2D eigenvalue weighted by Gasteiger charge is 2.33. The molecular weight excluding hydrogens is 337 g/mol. The molecule has 0 saturated carbocycles. The zero-order valence-corrected chi connectivity index (χ0v) is 14.9. The molecule has 134 valence electrons. The number of aliphatic hydroxyl groups excluding tert-OH is 1. The Labute approximate surface area is 146 Å². The number of hydrogen-bond donors (Lipinski definition) is 1. The summed E-state index contributed by atoms with van der Waals surface area (Å²) in [5.74, 6) is -0.335. The molecule has 1 aliphatic heterocycles. The molecule has 1 aromatic heterocycles. The lowest BCUT2D eigenvalue weighted by Crippen LogP contribution is -2.56. The zero-order valence-electron chi connectivity index (χ0n) is 14.1. The zero-order chi connectivity index (χ0) is 17.9. The van der Waals surface area contributed by atoms with Crippen molar-refractivity contribution in [3.63, 3.8) is 0 Å². The largest absolute Gasteiger partial charge is 0.444 e. The molecule has 2 rings (SSSR count). The van der Waals surface area contributed by atoms with Crippen LogP contribution in [0.15, 0.2) is 12.3 Å². The number of aliphatic hydroxyl groups is 1. The van der Waals surface area contributed by atoms with E-state index in [9.17, 15) is 14.3 Å². The molecule has 24 heavy (non-hydrogen) atoms. The van der Waals surface area contributed by atoms with Gasteiger partial charge in [0.05, 0.1) is 11.1 Å². The lowest BCUT2D eigenvalue weighted by Gasteiger charge is -2.42. The predicted molar refractivity (Wildman–Crippen MR) is 89.8 cm³/mol. The van der Waals surface area contributed by atoms with E-state index in [1.807, 2.05) is 0 Å². The third-order valence-electron chi connectivity index (χ3n) is 3.66. The van der Waals surface area contributed by atoms with Crippen LogP contribution >= 0.6 is 11.6 Å². The molecule has 1 aromatic rings. The minimum atomic E-state index is -0.579. The maximum Gasteiger partial charge on any atom is 0.410 e. The molecule has 1 saturated heterocycles. The van der Waals surface area contributed by atoms with Crippen LogP contribution in [0.2, 0.25) is 5.02 Å². The topological polar surface area (TPSA) is 65.9 Å². The number of pyridine rings is 1. The molecule has 1 aliphatic rings. The summed E-state index contributed by atoms with van der Waals surface area (Å²) in [6, 6.07) is 0.958. The third kappa shape index (κ3) is 4.70. The first-order chi connectivity index (χ1) is 11.2. The minimum absolute atomic E-state index is 0.0709. The van der Waals surface area contributed by atoms with Crippen LogP contribution in [0.1, 0.15) is 27.2 Å². The number of carbonyl (C=O) groups excluding carboxylic acids is 1. The average molecular weight is 360 g/mol. The Kier molecular flexibility index (Phi) is 5.87. The molecule has 8 heteroatoms. The van der Waals surface area contributed by atoms with E-state index in [1.54, 1.807) is 30.6 Å². The molecule has 1 atom stereocenters. The number of nitrogens with zero attached hydrogens (tertiary/aromatic N) is 3. The molecule has 1 amide bonds. The Bertz CT molecular complexity index is 594. The van der Waals surface area contributed by atoms with Gasteiger partial charge in [-0.15, -0.1) is 0 Å². The van der Waals surface area contributed by atoms with Crippen molar-refractivity contribution >= 4 is 23.5 Å². The lowest BCUT2D eigenvalue weighted by molar-refractivity contribution is 0.0206. The second-order valence-corrected chi connectivity index (χ2v) is 7.18. The molecule has 0 aliphatic carbocycles. The summed E-state index contributed by atoms with van der Waals surface area (Å²) in [5, 5.41) is 9.54. The maximum absolute atomic E-state index is 14.2. The fourth-order valence-electron chi connectivity index (χ4n) is 2.64. The summed E-state index contributed by atoms with van der Waals surface area (Å²) in [6.45, 7) is 6.46. The second-order valence-electron chi connectivity index (χ2n) is 6.74. The van der Waals surface area contributed by atoms with Crippen molar-refractivity contribution in [2.75, 3.05) is 31.1 Å². The Morgan fingerprint density at radius 1 is 1.50 bits per heavy atom. The smallest absolute Gasteiger partial charge is 0.410 e. The number of aromatic nitrogens is 1. The number of rotatable bonds is 3. The number of carbonyl (C=O) groups is 1. The highest BCUT2D eigenvalue weighted by atomic mass is 35.5. The van der Waals surface area contributed by atoms with Gasteiger partial charge in [-0.05, 0) is 33.3 Å². The number of anilines is 1. The van der Waals surface area contributed by atoms with Crippen molar-refractivity contribution in [3.8, 4) is 0 Å². The first-order valence-corrected chi connectivity index (χ1v) is 8.25. The molecule has 2 heterocycles. The third-order valence-corrected chi connectivity index (χ3v) is 3.86. The molecule has 0 aromatic carbocycles. The highest BCUT2D eigenvalue weighted by Crippen LogP contribution is 2.25. The van der Waals surface area contributed by atoms with Gasteiger partial charge < -0.3 is 19.6 Å². The summed E-state index contributed by atoms with van der Waals surface area (Å²) in [4.78, 5) is 19.6. The Balaban J connectivity index is 2.14. The summed E-state index contributed by atoms with van der Waals surface area (Å²) >= 11 is 5.75. The fourth-order valence-corrected chi connectivity index (χ4v) is 2.79.